The molecule has 26 heavy (non-hydrogen) atoms. The van der Waals surface area contributed by atoms with Crippen molar-refractivity contribution in [1.29, 1.82) is 0 Å². The minimum absolute atomic E-state index is 0.554. The lowest BCUT2D eigenvalue weighted by Crippen LogP contribution is -2.47. The monoisotopic (exact) mass is 353 g/mol. The Morgan fingerprint density at radius 3 is 2.23 bits per heavy atom. The van der Waals surface area contributed by atoms with Crippen molar-refractivity contribution in [2.45, 2.75) is 45.1 Å². The molecule has 7 heteroatoms. The van der Waals surface area contributed by atoms with E-state index in [1.165, 1.54) is 32.1 Å². The first-order valence-corrected chi connectivity index (χ1v) is 9.67. The molecular formula is C19H27N7. The van der Waals surface area contributed by atoms with Crippen LogP contribution in [0.2, 0.25) is 0 Å². The molecule has 0 aromatic carbocycles. The van der Waals surface area contributed by atoms with Gasteiger partial charge in [0, 0.05) is 56.4 Å². The first-order valence-electron chi connectivity index (χ1n) is 9.67. The van der Waals surface area contributed by atoms with Crippen LogP contribution in [0.1, 0.15) is 37.8 Å². The van der Waals surface area contributed by atoms with Crippen molar-refractivity contribution in [3.05, 3.63) is 30.2 Å². The quantitative estimate of drug-likeness (QED) is 0.906. The van der Waals surface area contributed by atoms with Gasteiger partial charge in [0.05, 0.1) is 0 Å². The highest BCUT2D eigenvalue weighted by Gasteiger charge is 2.22. The average Bonchev–Trinajstić information content (AvgIpc) is 2.69. The number of aryl methyl sites for hydroxylation is 1. The summed E-state index contributed by atoms with van der Waals surface area (Å²) >= 11 is 0. The van der Waals surface area contributed by atoms with Crippen LogP contribution in [0.15, 0.2) is 24.5 Å². The van der Waals surface area contributed by atoms with Gasteiger partial charge in [-0.1, -0.05) is 19.3 Å². The van der Waals surface area contributed by atoms with Gasteiger partial charge in [0.1, 0.15) is 5.82 Å². The number of hydrogen-bond acceptors (Lipinski definition) is 7. The van der Waals surface area contributed by atoms with Crippen molar-refractivity contribution in [3.63, 3.8) is 0 Å². The molecule has 2 aliphatic rings. The highest BCUT2D eigenvalue weighted by Crippen LogP contribution is 2.23. The number of nitrogens with zero attached hydrogens (tertiary/aromatic N) is 6. The zero-order valence-electron chi connectivity index (χ0n) is 15.4. The Balaban J connectivity index is 1.41. The number of rotatable bonds is 4. The van der Waals surface area contributed by atoms with Crippen LogP contribution in [-0.4, -0.2) is 52.2 Å². The molecule has 4 rings (SSSR count). The van der Waals surface area contributed by atoms with Crippen molar-refractivity contribution in [2.24, 2.45) is 0 Å². The maximum Gasteiger partial charge on any atom is 0.227 e. The number of hydrogen-bond donors (Lipinski definition) is 1. The molecule has 0 spiro atoms. The fraction of sp³-hybridized carbons (Fsp3) is 0.579. The Morgan fingerprint density at radius 2 is 1.54 bits per heavy atom. The number of aromatic nitrogens is 4. The van der Waals surface area contributed by atoms with Crippen molar-refractivity contribution in [2.75, 3.05) is 41.3 Å². The fourth-order valence-corrected chi connectivity index (χ4v) is 3.79. The van der Waals surface area contributed by atoms with E-state index in [2.05, 4.69) is 36.1 Å². The first-order chi connectivity index (χ1) is 12.8. The third-order valence-electron chi connectivity index (χ3n) is 5.20. The van der Waals surface area contributed by atoms with Crippen molar-refractivity contribution >= 4 is 17.7 Å². The van der Waals surface area contributed by atoms with Gasteiger partial charge in [0.25, 0.3) is 0 Å². The van der Waals surface area contributed by atoms with Crippen LogP contribution in [0.4, 0.5) is 17.7 Å². The minimum atomic E-state index is 0.554. The summed E-state index contributed by atoms with van der Waals surface area (Å²) in [6, 6.07) is 4.46. The lowest BCUT2D eigenvalue weighted by Gasteiger charge is -2.35. The van der Waals surface area contributed by atoms with E-state index in [4.69, 9.17) is 4.98 Å². The number of anilines is 3. The molecule has 0 atom stereocenters. The minimum Gasteiger partial charge on any atom is -0.367 e. The smallest absolute Gasteiger partial charge is 0.227 e. The predicted octanol–water partition coefficient (Wildman–Crippen LogP) is 2.65. The highest BCUT2D eigenvalue weighted by atomic mass is 15.4. The van der Waals surface area contributed by atoms with E-state index in [-0.39, 0.29) is 0 Å². The van der Waals surface area contributed by atoms with Gasteiger partial charge in [0.15, 0.2) is 0 Å². The summed E-state index contributed by atoms with van der Waals surface area (Å²) in [5.41, 5.74) is 1.02. The lowest BCUT2D eigenvalue weighted by molar-refractivity contribution is 0.461. The van der Waals surface area contributed by atoms with E-state index in [0.29, 0.717) is 6.04 Å². The van der Waals surface area contributed by atoms with Crippen molar-refractivity contribution < 1.29 is 0 Å². The maximum atomic E-state index is 4.80. The summed E-state index contributed by atoms with van der Waals surface area (Å²) in [6.45, 7) is 5.57. The molecule has 1 saturated heterocycles. The van der Waals surface area contributed by atoms with Gasteiger partial charge in [-0.2, -0.15) is 4.98 Å². The van der Waals surface area contributed by atoms with Gasteiger partial charge in [-0.15, -0.1) is 0 Å². The number of piperazine rings is 1. The highest BCUT2D eigenvalue weighted by molar-refractivity contribution is 5.45. The lowest BCUT2D eigenvalue weighted by atomic mass is 9.95. The van der Waals surface area contributed by atoms with Crippen LogP contribution < -0.4 is 15.1 Å². The molecule has 1 aliphatic carbocycles. The van der Waals surface area contributed by atoms with Crippen LogP contribution in [0, 0.1) is 6.92 Å². The molecule has 0 unspecified atom stereocenters. The molecule has 0 radical (unpaired) electrons. The van der Waals surface area contributed by atoms with Crippen LogP contribution >= 0.6 is 0 Å². The van der Waals surface area contributed by atoms with E-state index >= 15 is 0 Å². The molecule has 0 amide bonds. The summed E-state index contributed by atoms with van der Waals surface area (Å²) in [4.78, 5) is 22.7. The standard InChI is InChI=1S/C19H27N7/c1-15-14-17(23-16-6-3-2-4-7-16)24-19(22-15)26-12-10-25(11-13-26)18-20-8-5-9-21-18/h5,8-9,14,16H,2-4,6-7,10-13H2,1H3,(H,22,23,24). The largest absolute Gasteiger partial charge is 0.367 e. The normalized spacial score (nSPS) is 18.8. The molecule has 138 valence electrons. The van der Waals surface area contributed by atoms with E-state index in [0.717, 1.165) is 49.6 Å². The van der Waals surface area contributed by atoms with Crippen LogP contribution in [0.3, 0.4) is 0 Å². The van der Waals surface area contributed by atoms with Gasteiger partial charge >= 0.3 is 0 Å². The average molecular weight is 353 g/mol. The Labute approximate surface area is 154 Å². The second kappa shape index (κ2) is 7.85. The zero-order valence-corrected chi connectivity index (χ0v) is 15.4. The third-order valence-corrected chi connectivity index (χ3v) is 5.20. The van der Waals surface area contributed by atoms with Crippen LogP contribution in [0.5, 0.6) is 0 Å². The van der Waals surface area contributed by atoms with Crippen molar-refractivity contribution in [1.82, 2.24) is 19.9 Å². The van der Waals surface area contributed by atoms with Crippen LogP contribution in [-0.2, 0) is 0 Å². The molecule has 1 saturated carbocycles. The second-order valence-corrected chi connectivity index (χ2v) is 7.20. The van der Waals surface area contributed by atoms with Gasteiger partial charge in [-0.3, -0.25) is 0 Å². The van der Waals surface area contributed by atoms with Gasteiger partial charge in [-0.25, -0.2) is 15.0 Å². The SMILES string of the molecule is Cc1cc(NC2CCCCC2)nc(N2CCN(c3ncccn3)CC2)n1. The summed E-state index contributed by atoms with van der Waals surface area (Å²) in [5.74, 6) is 2.60. The molecule has 3 heterocycles. The fourth-order valence-electron chi connectivity index (χ4n) is 3.79. The molecule has 1 N–H and O–H groups in total. The molecule has 1 aliphatic heterocycles. The summed E-state index contributed by atoms with van der Waals surface area (Å²) < 4.78 is 0. The Morgan fingerprint density at radius 1 is 0.885 bits per heavy atom. The Hall–Kier alpha value is -2.44. The van der Waals surface area contributed by atoms with Crippen LogP contribution in [0.25, 0.3) is 0 Å². The molecule has 2 fully saturated rings. The van der Waals surface area contributed by atoms with Crippen molar-refractivity contribution in [3.8, 4) is 0 Å². The molecule has 7 nitrogen and oxygen atoms in total. The molecule has 2 aromatic heterocycles. The first kappa shape index (κ1) is 17.0. The maximum absolute atomic E-state index is 4.80. The number of nitrogens with one attached hydrogen (secondary N) is 1. The summed E-state index contributed by atoms with van der Waals surface area (Å²) in [5, 5.41) is 3.63. The van der Waals surface area contributed by atoms with E-state index in [9.17, 15) is 0 Å². The van der Waals surface area contributed by atoms with Gasteiger partial charge in [0.2, 0.25) is 11.9 Å². The predicted molar refractivity (Wildman–Crippen MR) is 104 cm³/mol. The molecular weight excluding hydrogens is 326 g/mol. The molecule has 0 bridgehead atoms. The summed E-state index contributed by atoms with van der Waals surface area (Å²) in [6.07, 6.45) is 10.1. The van der Waals surface area contributed by atoms with Gasteiger partial charge < -0.3 is 15.1 Å². The molecule has 2 aromatic rings. The van der Waals surface area contributed by atoms with E-state index in [1.807, 2.05) is 13.0 Å². The zero-order chi connectivity index (χ0) is 17.8. The summed E-state index contributed by atoms with van der Waals surface area (Å²) in [7, 11) is 0. The topological polar surface area (TPSA) is 70.1 Å². The Kier molecular flexibility index (Phi) is 5.13. The van der Waals surface area contributed by atoms with E-state index in [1.54, 1.807) is 12.4 Å². The Bertz CT molecular complexity index is 707. The third kappa shape index (κ3) is 4.03. The van der Waals surface area contributed by atoms with E-state index < -0.39 is 0 Å². The second-order valence-electron chi connectivity index (χ2n) is 7.20. The van der Waals surface area contributed by atoms with Gasteiger partial charge in [-0.05, 0) is 25.8 Å².